The van der Waals surface area contributed by atoms with E-state index in [9.17, 15) is 10.1 Å². The maximum atomic E-state index is 11.2. The number of nitro groups is 1. The summed E-state index contributed by atoms with van der Waals surface area (Å²) in [6.45, 7) is 2.52. The minimum absolute atomic E-state index is 0.00605. The van der Waals surface area contributed by atoms with Crippen LogP contribution >= 0.6 is 12.2 Å². The van der Waals surface area contributed by atoms with Crippen LogP contribution in [-0.2, 0) is 0 Å². The molecule has 0 unspecified atom stereocenters. The highest BCUT2D eigenvalue weighted by Gasteiger charge is 2.42. The van der Waals surface area contributed by atoms with E-state index in [4.69, 9.17) is 21.4 Å². The molecule has 9 heteroatoms. The summed E-state index contributed by atoms with van der Waals surface area (Å²) in [5, 5.41) is 15.2. The first-order chi connectivity index (χ1) is 17.0. The van der Waals surface area contributed by atoms with E-state index in [1.54, 1.807) is 18.3 Å². The van der Waals surface area contributed by atoms with Crippen molar-refractivity contribution in [2.24, 2.45) is 0 Å². The number of aromatic nitrogens is 1. The van der Waals surface area contributed by atoms with Crippen molar-refractivity contribution in [3.8, 4) is 17.1 Å². The highest BCUT2D eigenvalue weighted by Crippen LogP contribution is 2.43. The van der Waals surface area contributed by atoms with Gasteiger partial charge in [-0.3, -0.25) is 15.1 Å². The van der Waals surface area contributed by atoms with Crippen molar-refractivity contribution in [3.63, 3.8) is 0 Å². The molecule has 5 rings (SSSR count). The molecule has 2 atom stereocenters. The van der Waals surface area contributed by atoms with Gasteiger partial charge in [-0.25, -0.2) is 0 Å². The van der Waals surface area contributed by atoms with Crippen LogP contribution in [0.4, 0.5) is 11.4 Å². The lowest BCUT2D eigenvalue weighted by Crippen LogP contribution is -2.29. The lowest BCUT2D eigenvalue weighted by molar-refractivity contribution is -0.384. The van der Waals surface area contributed by atoms with Gasteiger partial charge in [0, 0.05) is 29.6 Å². The summed E-state index contributed by atoms with van der Waals surface area (Å²) >= 11 is 5.75. The average Bonchev–Trinajstić information content (AvgIpc) is 3.50. The topological polar surface area (TPSA) is 93.7 Å². The summed E-state index contributed by atoms with van der Waals surface area (Å²) in [5.74, 6) is 1.97. The lowest BCUT2D eigenvalue weighted by Gasteiger charge is -2.26. The van der Waals surface area contributed by atoms with Crippen molar-refractivity contribution in [2.75, 3.05) is 11.5 Å². The number of hydrogen-bond donors (Lipinski definition) is 1. The van der Waals surface area contributed by atoms with Crippen molar-refractivity contribution in [1.29, 1.82) is 0 Å². The molecule has 2 aromatic heterocycles. The van der Waals surface area contributed by atoms with E-state index in [0.29, 0.717) is 28.8 Å². The van der Waals surface area contributed by atoms with Crippen LogP contribution in [0.2, 0.25) is 0 Å². The Kier molecular flexibility index (Phi) is 6.15. The number of pyridine rings is 1. The molecule has 35 heavy (non-hydrogen) atoms. The maximum Gasteiger partial charge on any atom is 0.270 e. The average molecular weight is 487 g/mol. The first-order valence-electron chi connectivity index (χ1n) is 11.1. The molecule has 0 saturated carbocycles. The van der Waals surface area contributed by atoms with Crippen LogP contribution in [0.15, 0.2) is 89.5 Å². The van der Waals surface area contributed by atoms with Gasteiger partial charge in [-0.05, 0) is 67.7 Å². The van der Waals surface area contributed by atoms with Gasteiger partial charge in [-0.1, -0.05) is 18.2 Å². The van der Waals surface area contributed by atoms with E-state index in [0.717, 1.165) is 17.1 Å². The first-order valence-corrected chi connectivity index (χ1v) is 11.5. The van der Waals surface area contributed by atoms with Crippen LogP contribution in [0, 0.1) is 10.1 Å². The third-order valence-corrected chi connectivity index (χ3v) is 6.10. The summed E-state index contributed by atoms with van der Waals surface area (Å²) in [6.07, 6.45) is 1.74. The van der Waals surface area contributed by atoms with Crippen LogP contribution < -0.4 is 15.0 Å². The summed E-state index contributed by atoms with van der Waals surface area (Å²) < 4.78 is 11.9. The Morgan fingerprint density at radius 1 is 1.11 bits per heavy atom. The number of thiocarbonyl (C=S) groups is 1. The molecule has 1 aliphatic rings. The fourth-order valence-electron chi connectivity index (χ4n) is 4.23. The van der Waals surface area contributed by atoms with E-state index in [-0.39, 0.29) is 17.8 Å². The first kappa shape index (κ1) is 22.5. The number of non-ortho nitro benzene ring substituents is 1. The molecule has 1 N–H and O–H groups in total. The van der Waals surface area contributed by atoms with Crippen LogP contribution in [-0.4, -0.2) is 21.6 Å². The number of furan rings is 1. The largest absolute Gasteiger partial charge is 0.494 e. The molecule has 0 amide bonds. The van der Waals surface area contributed by atoms with Crippen molar-refractivity contribution < 1.29 is 14.1 Å². The molecule has 0 bridgehead atoms. The van der Waals surface area contributed by atoms with E-state index in [1.165, 1.54) is 12.1 Å². The maximum absolute atomic E-state index is 11.2. The van der Waals surface area contributed by atoms with Gasteiger partial charge in [0.05, 0.1) is 23.3 Å². The van der Waals surface area contributed by atoms with E-state index >= 15 is 0 Å². The molecule has 2 aromatic carbocycles. The minimum Gasteiger partial charge on any atom is -0.494 e. The predicted molar refractivity (Wildman–Crippen MR) is 136 cm³/mol. The molecule has 1 saturated heterocycles. The van der Waals surface area contributed by atoms with Gasteiger partial charge in [0.1, 0.15) is 23.3 Å². The number of ether oxygens (including phenoxy) is 1. The molecule has 3 heterocycles. The summed E-state index contributed by atoms with van der Waals surface area (Å²) in [6, 6.07) is 23.0. The smallest absolute Gasteiger partial charge is 0.270 e. The van der Waals surface area contributed by atoms with Crippen LogP contribution in [0.3, 0.4) is 0 Å². The molecule has 1 aliphatic heterocycles. The van der Waals surface area contributed by atoms with E-state index < -0.39 is 4.92 Å². The van der Waals surface area contributed by atoms with Gasteiger partial charge in [0.25, 0.3) is 5.69 Å². The summed E-state index contributed by atoms with van der Waals surface area (Å²) in [5.41, 5.74) is 2.33. The fourth-order valence-corrected chi connectivity index (χ4v) is 4.58. The van der Waals surface area contributed by atoms with Gasteiger partial charge in [0.2, 0.25) is 0 Å². The monoisotopic (exact) mass is 486 g/mol. The Morgan fingerprint density at radius 2 is 1.94 bits per heavy atom. The highest BCUT2D eigenvalue weighted by molar-refractivity contribution is 7.80. The van der Waals surface area contributed by atoms with Gasteiger partial charge in [0.15, 0.2) is 5.11 Å². The zero-order chi connectivity index (χ0) is 24.4. The number of nitrogens with zero attached hydrogens (tertiary/aromatic N) is 3. The number of benzene rings is 2. The van der Waals surface area contributed by atoms with E-state index in [1.807, 2.05) is 66.4 Å². The number of nitrogens with one attached hydrogen (secondary N) is 1. The Morgan fingerprint density at radius 3 is 2.66 bits per heavy atom. The second kappa shape index (κ2) is 9.55. The molecule has 1 fully saturated rings. The second-order valence-corrected chi connectivity index (χ2v) is 8.32. The van der Waals surface area contributed by atoms with Crippen molar-refractivity contribution >= 4 is 28.7 Å². The van der Waals surface area contributed by atoms with Crippen LogP contribution in [0.1, 0.15) is 30.5 Å². The van der Waals surface area contributed by atoms with Crippen molar-refractivity contribution in [1.82, 2.24) is 10.3 Å². The normalized spacial score (nSPS) is 17.3. The number of anilines is 1. The van der Waals surface area contributed by atoms with Gasteiger partial charge >= 0.3 is 0 Å². The lowest BCUT2D eigenvalue weighted by atomic mass is 10.0. The Balaban J connectivity index is 1.56. The van der Waals surface area contributed by atoms with Gasteiger partial charge < -0.3 is 19.4 Å². The number of nitro benzene ring substituents is 1. The zero-order valence-electron chi connectivity index (χ0n) is 18.8. The number of hydrogen-bond acceptors (Lipinski definition) is 6. The molecule has 8 nitrogen and oxygen atoms in total. The molecular formula is C26H22N4O4S. The second-order valence-electron chi connectivity index (χ2n) is 7.93. The van der Waals surface area contributed by atoms with Crippen molar-refractivity contribution in [3.05, 3.63) is 107 Å². The van der Waals surface area contributed by atoms with Crippen LogP contribution in [0.25, 0.3) is 11.3 Å². The fraction of sp³-hybridized carbons (Fsp3) is 0.154. The SMILES string of the molecule is CCOc1ccc(N2C(=S)N[C@H](c3ccccn3)[C@H]2c2ccc(-c3cccc([N+](=O)[O-])c3)o2)cc1. The van der Waals surface area contributed by atoms with Gasteiger partial charge in [-0.2, -0.15) is 0 Å². The number of rotatable bonds is 7. The Hall–Kier alpha value is -4.24. The summed E-state index contributed by atoms with van der Waals surface area (Å²) in [7, 11) is 0. The quantitative estimate of drug-likeness (QED) is 0.198. The highest BCUT2D eigenvalue weighted by atomic mass is 32.1. The third kappa shape index (κ3) is 4.45. The Bertz CT molecular complexity index is 1360. The zero-order valence-corrected chi connectivity index (χ0v) is 19.6. The molecule has 0 aliphatic carbocycles. The molecule has 176 valence electrons. The molecule has 0 radical (unpaired) electrons. The standard InChI is InChI=1S/C26H22N4O4S/c1-2-33-20-11-9-18(10-12-20)29-25(24(28-26(29)35)21-8-3-4-15-27-21)23-14-13-22(34-23)17-6-5-7-19(16-17)30(31)32/h3-16,24-25H,2H2,1H3,(H,28,35)/t24-,25-/m1/s1. The minimum atomic E-state index is -0.419. The predicted octanol–water partition coefficient (Wildman–Crippen LogP) is 5.83. The third-order valence-electron chi connectivity index (χ3n) is 5.78. The molecule has 4 aromatic rings. The van der Waals surface area contributed by atoms with E-state index in [2.05, 4.69) is 10.3 Å². The molecule has 0 spiro atoms. The van der Waals surface area contributed by atoms with Crippen molar-refractivity contribution in [2.45, 2.75) is 19.0 Å². The molecular weight excluding hydrogens is 464 g/mol. The van der Waals surface area contributed by atoms with Gasteiger partial charge in [-0.15, -0.1) is 0 Å². The Labute approximate surface area is 207 Å². The summed E-state index contributed by atoms with van der Waals surface area (Å²) in [4.78, 5) is 17.4. The van der Waals surface area contributed by atoms with Crippen LogP contribution in [0.5, 0.6) is 5.75 Å².